The van der Waals surface area contributed by atoms with Crippen LogP contribution in [0.1, 0.15) is 80.1 Å². The fourth-order valence-corrected chi connectivity index (χ4v) is 2.03. The summed E-state index contributed by atoms with van der Waals surface area (Å²) in [5.74, 6) is 0.200. The topological polar surface area (TPSA) is 61.4 Å². The summed E-state index contributed by atoms with van der Waals surface area (Å²) in [6.07, 6.45) is 4.79. The van der Waals surface area contributed by atoms with E-state index in [2.05, 4.69) is 36.3 Å². The van der Waals surface area contributed by atoms with Gasteiger partial charge in [0.25, 0.3) is 0 Å². The van der Waals surface area contributed by atoms with Gasteiger partial charge in [0.2, 0.25) is 11.8 Å². The standard InChI is InChI=1S/C16H32N3O2.2C2H6.Y/c1-4-7-9-16(21)18-11-14-19(12-6-3)13-10-17-15(20)8-5-2;2*1-2;/h2,4-14H2,1,3H3,(H,17,20)(H,18,21);2*1-2H3;/q-1;;;. The van der Waals surface area contributed by atoms with Crippen LogP contribution < -0.4 is 10.6 Å². The number of hydrogen-bond donors (Lipinski definition) is 2. The van der Waals surface area contributed by atoms with Crippen molar-refractivity contribution in [2.75, 3.05) is 32.7 Å². The third-order valence-electron chi connectivity index (χ3n) is 3.20. The van der Waals surface area contributed by atoms with Crippen molar-refractivity contribution in [1.82, 2.24) is 15.5 Å². The van der Waals surface area contributed by atoms with Crippen molar-refractivity contribution < 1.29 is 42.3 Å². The third-order valence-corrected chi connectivity index (χ3v) is 3.20. The van der Waals surface area contributed by atoms with Gasteiger partial charge in [-0.15, -0.1) is 0 Å². The Morgan fingerprint density at radius 2 is 1.27 bits per heavy atom. The van der Waals surface area contributed by atoms with Gasteiger partial charge >= 0.3 is 0 Å². The Labute approximate surface area is 188 Å². The minimum Gasteiger partial charge on any atom is -0.355 e. The average molecular weight is 447 g/mol. The third kappa shape index (κ3) is 26.2. The summed E-state index contributed by atoms with van der Waals surface area (Å²) < 4.78 is 0. The largest absolute Gasteiger partial charge is 0.355 e. The van der Waals surface area contributed by atoms with Crippen molar-refractivity contribution in [3.63, 3.8) is 0 Å². The molecule has 0 bridgehead atoms. The Hall–Kier alpha value is 0.00390. The van der Waals surface area contributed by atoms with Crippen molar-refractivity contribution >= 4 is 11.8 Å². The Morgan fingerprint density at radius 3 is 1.65 bits per heavy atom. The maximum atomic E-state index is 11.5. The molecule has 1 radical (unpaired) electrons. The predicted octanol–water partition coefficient (Wildman–Crippen LogP) is 3.79. The first-order valence-corrected chi connectivity index (χ1v) is 10.2. The van der Waals surface area contributed by atoms with E-state index in [1.165, 1.54) is 0 Å². The quantitative estimate of drug-likeness (QED) is 0.423. The van der Waals surface area contributed by atoms with E-state index >= 15 is 0 Å². The smallest absolute Gasteiger partial charge is 0.220 e. The molecule has 0 spiro atoms. The molecule has 0 unspecified atom stereocenters. The molecule has 0 aromatic rings. The normalized spacial score (nSPS) is 9.08. The van der Waals surface area contributed by atoms with Gasteiger partial charge in [-0.3, -0.25) is 14.5 Å². The zero-order valence-electron chi connectivity index (χ0n) is 18.3. The Bertz CT molecular complexity index is 290. The van der Waals surface area contributed by atoms with Gasteiger partial charge in [-0.05, 0) is 25.8 Å². The van der Waals surface area contributed by atoms with Crippen LogP contribution in [0.5, 0.6) is 0 Å². The number of nitrogens with one attached hydrogen (secondary N) is 2. The molecule has 0 fully saturated rings. The monoisotopic (exact) mass is 447 g/mol. The fourth-order valence-electron chi connectivity index (χ4n) is 2.03. The molecule has 2 N–H and O–H groups in total. The molecule has 6 heteroatoms. The molecule has 2 amide bonds. The second kappa shape index (κ2) is 29.8. The van der Waals surface area contributed by atoms with Crippen LogP contribution in [0.2, 0.25) is 0 Å². The number of rotatable bonds is 13. The number of amides is 2. The van der Waals surface area contributed by atoms with Crippen molar-refractivity contribution in [3.8, 4) is 0 Å². The number of hydrogen-bond acceptors (Lipinski definition) is 3. The van der Waals surface area contributed by atoms with Crippen LogP contribution in [0.25, 0.3) is 0 Å². The molecular weight excluding hydrogens is 403 g/mol. The van der Waals surface area contributed by atoms with E-state index in [1.807, 2.05) is 27.7 Å². The van der Waals surface area contributed by atoms with Gasteiger partial charge in [0, 0.05) is 65.3 Å². The molecule has 0 atom stereocenters. The van der Waals surface area contributed by atoms with Crippen molar-refractivity contribution in [2.24, 2.45) is 0 Å². The van der Waals surface area contributed by atoms with E-state index in [9.17, 15) is 9.59 Å². The molecule has 5 nitrogen and oxygen atoms in total. The summed E-state index contributed by atoms with van der Waals surface area (Å²) >= 11 is 0. The second-order valence-corrected chi connectivity index (χ2v) is 5.25. The molecule has 155 valence electrons. The summed E-state index contributed by atoms with van der Waals surface area (Å²) in [5.41, 5.74) is 0. The van der Waals surface area contributed by atoms with Crippen molar-refractivity contribution in [2.45, 2.75) is 80.1 Å². The first kappa shape index (κ1) is 33.6. The molecule has 0 aliphatic rings. The Morgan fingerprint density at radius 1 is 0.808 bits per heavy atom. The van der Waals surface area contributed by atoms with E-state index in [0.29, 0.717) is 32.4 Å². The Kier molecular flexibility index (Phi) is 38.4. The van der Waals surface area contributed by atoms with Gasteiger partial charge in [0.05, 0.1) is 0 Å². The van der Waals surface area contributed by atoms with Gasteiger partial charge in [-0.2, -0.15) is 6.42 Å². The molecule has 0 aliphatic heterocycles. The molecule has 0 aliphatic carbocycles. The van der Waals surface area contributed by atoms with Crippen LogP contribution >= 0.6 is 0 Å². The number of carbonyl (C=O) groups is 2. The Balaban J connectivity index is -0.000000449. The van der Waals surface area contributed by atoms with E-state index in [1.54, 1.807) is 0 Å². The zero-order chi connectivity index (χ0) is 19.9. The van der Waals surface area contributed by atoms with Crippen molar-refractivity contribution in [1.29, 1.82) is 0 Å². The van der Waals surface area contributed by atoms with Gasteiger partial charge in [0.1, 0.15) is 0 Å². The summed E-state index contributed by atoms with van der Waals surface area (Å²) in [5, 5.41) is 5.84. The van der Waals surface area contributed by atoms with Gasteiger partial charge in [0.15, 0.2) is 0 Å². The van der Waals surface area contributed by atoms with Crippen LogP contribution in [-0.4, -0.2) is 49.4 Å². The summed E-state index contributed by atoms with van der Waals surface area (Å²) in [7, 11) is 0. The molecular formula is C20H44N3O2Y-. The summed E-state index contributed by atoms with van der Waals surface area (Å²) in [6, 6.07) is 0. The molecule has 0 aromatic carbocycles. The zero-order valence-corrected chi connectivity index (χ0v) is 21.2. The van der Waals surface area contributed by atoms with E-state index in [-0.39, 0.29) is 44.5 Å². The minimum atomic E-state index is 0. The van der Waals surface area contributed by atoms with Crippen LogP contribution in [0.3, 0.4) is 0 Å². The van der Waals surface area contributed by atoms with E-state index in [4.69, 9.17) is 0 Å². The van der Waals surface area contributed by atoms with Gasteiger partial charge < -0.3 is 17.6 Å². The van der Waals surface area contributed by atoms with E-state index < -0.39 is 0 Å². The maximum absolute atomic E-state index is 11.5. The number of unbranched alkanes of at least 4 members (excludes halogenated alkanes) is 1. The summed E-state index contributed by atoms with van der Waals surface area (Å²) in [6.45, 7) is 19.8. The first-order chi connectivity index (χ1) is 12.1. The van der Waals surface area contributed by atoms with Crippen LogP contribution in [0.4, 0.5) is 0 Å². The molecule has 0 saturated carbocycles. The summed E-state index contributed by atoms with van der Waals surface area (Å²) in [4.78, 5) is 25.2. The molecule has 0 saturated heterocycles. The maximum Gasteiger partial charge on any atom is 0.220 e. The molecule has 0 heterocycles. The molecule has 0 aromatic heterocycles. The average Bonchev–Trinajstić information content (AvgIpc) is 2.63. The van der Waals surface area contributed by atoms with Crippen LogP contribution in [0, 0.1) is 6.92 Å². The molecule has 26 heavy (non-hydrogen) atoms. The van der Waals surface area contributed by atoms with Gasteiger partial charge in [-0.25, -0.2) is 0 Å². The predicted molar refractivity (Wildman–Crippen MR) is 110 cm³/mol. The minimum absolute atomic E-state index is 0. The SMILES string of the molecule is CC.CC.[CH2-]CCC(=O)NCCN(CCC)CCNC(=O)CCCC.[Y]. The second-order valence-electron chi connectivity index (χ2n) is 5.25. The molecule has 0 rings (SSSR count). The van der Waals surface area contributed by atoms with Gasteiger partial charge in [-0.1, -0.05) is 48.0 Å². The van der Waals surface area contributed by atoms with Crippen LogP contribution in [0.15, 0.2) is 0 Å². The van der Waals surface area contributed by atoms with Crippen molar-refractivity contribution in [3.05, 3.63) is 6.92 Å². The van der Waals surface area contributed by atoms with E-state index in [0.717, 1.165) is 38.9 Å². The number of carbonyl (C=O) groups excluding carboxylic acids is 2. The number of nitrogens with zero attached hydrogens (tertiary/aromatic N) is 1. The van der Waals surface area contributed by atoms with Crippen LogP contribution in [-0.2, 0) is 42.3 Å². The fraction of sp³-hybridized carbons (Fsp3) is 0.850. The first-order valence-electron chi connectivity index (χ1n) is 10.2.